The van der Waals surface area contributed by atoms with Crippen molar-refractivity contribution >= 4 is 11.7 Å². The fourth-order valence-electron chi connectivity index (χ4n) is 1.84. The average Bonchev–Trinajstić information content (AvgIpc) is 2.46. The first-order valence-electron chi connectivity index (χ1n) is 6.77. The summed E-state index contributed by atoms with van der Waals surface area (Å²) in [6.45, 7) is 2.86. The standard InChI is InChI=1S/C15H24N2O2/c1-17(14-8-4-3-5-9-14)13-7-12-16-11-6-10-15(18)19-2/h3-5,8-9,16H,6-7,10-13H2,1-2H3. The van der Waals surface area contributed by atoms with Gasteiger partial charge in [0.05, 0.1) is 7.11 Å². The number of hydrogen-bond donors (Lipinski definition) is 1. The number of benzene rings is 1. The molecule has 0 bridgehead atoms. The molecule has 0 heterocycles. The summed E-state index contributed by atoms with van der Waals surface area (Å²) in [6.07, 6.45) is 2.41. The van der Waals surface area contributed by atoms with E-state index >= 15 is 0 Å². The average molecular weight is 264 g/mol. The lowest BCUT2D eigenvalue weighted by Crippen LogP contribution is -2.24. The summed E-state index contributed by atoms with van der Waals surface area (Å²) in [6, 6.07) is 10.4. The second-order valence-corrected chi connectivity index (χ2v) is 4.54. The highest BCUT2D eigenvalue weighted by Gasteiger charge is 2.00. The highest BCUT2D eigenvalue weighted by molar-refractivity contribution is 5.69. The maximum atomic E-state index is 10.9. The van der Waals surface area contributed by atoms with Crippen LogP contribution in [0.3, 0.4) is 0 Å². The minimum Gasteiger partial charge on any atom is -0.469 e. The van der Waals surface area contributed by atoms with Crippen LogP contribution in [0.5, 0.6) is 0 Å². The Morgan fingerprint density at radius 1 is 1.21 bits per heavy atom. The van der Waals surface area contributed by atoms with Gasteiger partial charge in [-0.1, -0.05) is 18.2 Å². The number of nitrogens with one attached hydrogen (secondary N) is 1. The van der Waals surface area contributed by atoms with Crippen LogP contribution in [0.2, 0.25) is 0 Å². The minimum absolute atomic E-state index is 0.134. The Hall–Kier alpha value is -1.55. The Morgan fingerprint density at radius 2 is 1.89 bits per heavy atom. The van der Waals surface area contributed by atoms with E-state index in [1.807, 2.05) is 6.07 Å². The number of anilines is 1. The molecule has 106 valence electrons. The van der Waals surface area contributed by atoms with E-state index in [1.165, 1.54) is 12.8 Å². The highest BCUT2D eigenvalue weighted by Crippen LogP contribution is 2.10. The Bertz CT molecular complexity index is 354. The van der Waals surface area contributed by atoms with Gasteiger partial charge < -0.3 is 15.0 Å². The summed E-state index contributed by atoms with van der Waals surface area (Å²) in [5, 5.41) is 3.34. The molecule has 0 radical (unpaired) electrons. The van der Waals surface area contributed by atoms with Crippen LogP contribution in [0.25, 0.3) is 0 Å². The third-order valence-electron chi connectivity index (χ3n) is 3.01. The van der Waals surface area contributed by atoms with E-state index in [1.54, 1.807) is 0 Å². The van der Waals surface area contributed by atoms with Crippen LogP contribution in [0, 0.1) is 0 Å². The maximum Gasteiger partial charge on any atom is 0.305 e. The molecule has 0 saturated heterocycles. The SMILES string of the molecule is COC(=O)CCCNCCCN(C)c1ccccc1. The van der Waals surface area contributed by atoms with Crippen LogP contribution in [0.15, 0.2) is 30.3 Å². The number of carbonyl (C=O) groups excluding carboxylic acids is 1. The quantitative estimate of drug-likeness (QED) is 0.547. The number of rotatable bonds is 9. The molecule has 1 aromatic rings. The summed E-state index contributed by atoms with van der Waals surface area (Å²) in [5.41, 5.74) is 1.24. The van der Waals surface area contributed by atoms with E-state index in [0.29, 0.717) is 6.42 Å². The summed E-state index contributed by atoms with van der Waals surface area (Å²) < 4.78 is 4.58. The third-order valence-corrected chi connectivity index (χ3v) is 3.01. The number of nitrogens with zero attached hydrogens (tertiary/aromatic N) is 1. The second-order valence-electron chi connectivity index (χ2n) is 4.54. The summed E-state index contributed by atoms with van der Waals surface area (Å²) in [5.74, 6) is -0.134. The Balaban J connectivity index is 2.00. The Labute approximate surface area is 115 Å². The summed E-state index contributed by atoms with van der Waals surface area (Å²) in [7, 11) is 3.53. The van der Waals surface area contributed by atoms with Crippen molar-refractivity contribution < 1.29 is 9.53 Å². The molecule has 0 spiro atoms. The lowest BCUT2D eigenvalue weighted by molar-refractivity contribution is -0.140. The van der Waals surface area contributed by atoms with Crippen LogP contribution in [-0.4, -0.2) is 39.8 Å². The Morgan fingerprint density at radius 3 is 2.58 bits per heavy atom. The van der Waals surface area contributed by atoms with Gasteiger partial charge in [0.15, 0.2) is 0 Å². The maximum absolute atomic E-state index is 10.9. The summed E-state index contributed by atoms with van der Waals surface area (Å²) in [4.78, 5) is 13.1. The van der Waals surface area contributed by atoms with Gasteiger partial charge in [0.1, 0.15) is 0 Å². The largest absolute Gasteiger partial charge is 0.469 e. The fourth-order valence-corrected chi connectivity index (χ4v) is 1.84. The van der Waals surface area contributed by atoms with E-state index in [-0.39, 0.29) is 5.97 Å². The van der Waals surface area contributed by atoms with Gasteiger partial charge in [0.25, 0.3) is 0 Å². The van der Waals surface area contributed by atoms with E-state index in [0.717, 1.165) is 32.5 Å². The smallest absolute Gasteiger partial charge is 0.305 e. The van der Waals surface area contributed by atoms with Gasteiger partial charge in [-0.3, -0.25) is 4.79 Å². The van der Waals surface area contributed by atoms with Gasteiger partial charge in [-0.2, -0.15) is 0 Å². The van der Waals surface area contributed by atoms with Crippen molar-refractivity contribution in [3.8, 4) is 0 Å². The fraction of sp³-hybridized carbons (Fsp3) is 0.533. The first-order chi connectivity index (χ1) is 9.24. The zero-order chi connectivity index (χ0) is 13.9. The molecule has 0 aromatic heterocycles. The molecule has 4 heteroatoms. The molecule has 0 unspecified atom stereocenters. The van der Waals surface area contributed by atoms with Crippen molar-refractivity contribution in [2.45, 2.75) is 19.3 Å². The van der Waals surface area contributed by atoms with E-state index in [2.05, 4.69) is 46.3 Å². The van der Waals surface area contributed by atoms with Crippen LogP contribution in [0.1, 0.15) is 19.3 Å². The monoisotopic (exact) mass is 264 g/mol. The highest BCUT2D eigenvalue weighted by atomic mass is 16.5. The van der Waals surface area contributed by atoms with Gasteiger partial charge in [-0.05, 0) is 38.1 Å². The van der Waals surface area contributed by atoms with Crippen LogP contribution >= 0.6 is 0 Å². The zero-order valence-corrected chi connectivity index (χ0v) is 11.9. The first-order valence-corrected chi connectivity index (χ1v) is 6.77. The van der Waals surface area contributed by atoms with Crippen LogP contribution in [0.4, 0.5) is 5.69 Å². The molecule has 4 nitrogen and oxygen atoms in total. The predicted octanol–water partition coefficient (Wildman–Crippen LogP) is 2.06. The molecular weight excluding hydrogens is 240 g/mol. The van der Waals surface area contributed by atoms with Crippen molar-refractivity contribution in [3.63, 3.8) is 0 Å². The van der Waals surface area contributed by atoms with Gasteiger partial charge in [-0.25, -0.2) is 0 Å². The Kier molecular flexibility index (Phi) is 7.66. The van der Waals surface area contributed by atoms with Gasteiger partial charge in [0.2, 0.25) is 0 Å². The van der Waals surface area contributed by atoms with Crippen LogP contribution < -0.4 is 10.2 Å². The third kappa shape index (κ3) is 6.82. The molecule has 0 fully saturated rings. The predicted molar refractivity (Wildman–Crippen MR) is 78.4 cm³/mol. The normalized spacial score (nSPS) is 10.2. The lowest BCUT2D eigenvalue weighted by atomic mass is 10.3. The number of ether oxygens (including phenoxy) is 1. The van der Waals surface area contributed by atoms with Crippen molar-refractivity contribution in [2.24, 2.45) is 0 Å². The van der Waals surface area contributed by atoms with E-state index < -0.39 is 0 Å². The molecule has 0 aliphatic rings. The molecule has 0 aliphatic carbocycles. The molecular formula is C15H24N2O2. The molecule has 0 atom stereocenters. The lowest BCUT2D eigenvalue weighted by Gasteiger charge is -2.19. The summed E-state index contributed by atoms with van der Waals surface area (Å²) >= 11 is 0. The topological polar surface area (TPSA) is 41.6 Å². The van der Waals surface area contributed by atoms with Crippen molar-refractivity contribution in [1.82, 2.24) is 5.32 Å². The van der Waals surface area contributed by atoms with Crippen molar-refractivity contribution in [3.05, 3.63) is 30.3 Å². The molecule has 0 saturated carbocycles. The van der Waals surface area contributed by atoms with Gasteiger partial charge >= 0.3 is 5.97 Å². The molecule has 19 heavy (non-hydrogen) atoms. The number of hydrogen-bond acceptors (Lipinski definition) is 4. The molecule has 0 aliphatic heterocycles. The molecule has 0 amide bonds. The molecule has 1 rings (SSSR count). The van der Waals surface area contributed by atoms with Gasteiger partial charge in [0, 0.05) is 25.7 Å². The minimum atomic E-state index is -0.134. The number of esters is 1. The number of para-hydroxylation sites is 1. The van der Waals surface area contributed by atoms with Crippen LogP contribution in [-0.2, 0) is 9.53 Å². The number of methoxy groups -OCH3 is 1. The second kappa shape index (κ2) is 9.39. The van der Waals surface area contributed by atoms with Crippen molar-refractivity contribution in [1.29, 1.82) is 0 Å². The van der Waals surface area contributed by atoms with E-state index in [9.17, 15) is 4.79 Å². The van der Waals surface area contributed by atoms with Crippen molar-refractivity contribution in [2.75, 3.05) is 38.7 Å². The zero-order valence-electron chi connectivity index (χ0n) is 11.9. The number of carbonyl (C=O) groups is 1. The molecule has 1 aromatic carbocycles. The first kappa shape index (κ1) is 15.5. The van der Waals surface area contributed by atoms with Gasteiger partial charge in [-0.15, -0.1) is 0 Å². The molecule has 1 N–H and O–H groups in total. The van der Waals surface area contributed by atoms with E-state index in [4.69, 9.17) is 0 Å².